The van der Waals surface area contributed by atoms with Crippen LogP contribution in [0.25, 0.3) is 11.1 Å². The minimum Gasteiger partial charge on any atom is -0.393 e. The summed E-state index contributed by atoms with van der Waals surface area (Å²) >= 11 is 0. The summed E-state index contributed by atoms with van der Waals surface area (Å²) in [6.45, 7) is 6.31. The molecule has 238 valence electrons. The third-order valence-corrected chi connectivity index (χ3v) is 9.74. The van der Waals surface area contributed by atoms with Crippen LogP contribution < -0.4 is 5.73 Å². The molecule has 2 saturated carbocycles. The molecule has 4 nitrogen and oxygen atoms in total. The van der Waals surface area contributed by atoms with E-state index < -0.39 is 18.5 Å². The molecule has 0 heterocycles. The van der Waals surface area contributed by atoms with E-state index in [1.165, 1.54) is 16.7 Å². The SMILES string of the molecule is CC.C[C@]12C[C@H](c3ccc(-c4ccc(C(N)=O)cc4)cc3)C3=C4CCC(=O)C=C4CC[C@H]3C1CC[C@@H]2O.FC(F)C(F)(F)F. The van der Waals surface area contributed by atoms with Gasteiger partial charge in [0.2, 0.25) is 5.91 Å². The van der Waals surface area contributed by atoms with Crippen molar-refractivity contribution in [3.8, 4) is 11.1 Å². The number of hydrogen-bond donors (Lipinski definition) is 2. The van der Waals surface area contributed by atoms with Gasteiger partial charge in [0, 0.05) is 17.9 Å². The van der Waals surface area contributed by atoms with Crippen LogP contribution >= 0.6 is 0 Å². The standard InChI is InChI=1S/C31H33NO3.C2HF5.C2H6/c1-31-17-26(20-6-2-18(3-7-20)19-4-8-21(9-5-19)30(32)35)29-24-13-11-23(33)16-22(24)10-12-25(29)27(31)14-15-28(31)34;3-1(4)2(5,6)7;1-2/h2-9,16,25-28,34H,10-15,17H2,1H3,(H2,32,35);1H;1-2H3/t25-,26+,27?,28-,31-;;/m0../s1. The summed E-state index contributed by atoms with van der Waals surface area (Å²) in [5, 5.41) is 11.1. The van der Waals surface area contributed by atoms with Crippen molar-refractivity contribution in [2.75, 3.05) is 0 Å². The molecule has 3 N–H and O–H groups in total. The Labute approximate surface area is 255 Å². The summed E-state index contributed by atoms with van der Waals surface area (Å²) in [6, 6.07) is 16.2. The molecule has 0 aromatic heterocycles. The van der Waals surface area contributed by atoms with Crippen LogP contribution in [-0.2, 0) is 4.79 Å². The molecule has 0 spiro atoms. The minimum absolute atomic E-state index is 0.0612. The van der Waals surface area contributed by atoms with E-state index in [0.717, 1.165) is 49.7 Å². The number of allylic oxidation sites excluding steroid dienone is 4. The van der Waals surface area contributed by atoms with Gasteiger partial charge in [0.15, 0.2) is 5.78 Å². The van der Waals surface area contributed by atoms with Gasteiger partial charge in [0.1, 0.15) is 0 Å². The van der Waals surface area contributed by atoms with Crippen LogP contribution in [0.4, 0.5) is 22.0 Å². The van der Waals surface area contributed by atoms with E-state index in [9.17, 15) is 36.6 Å². The Hall–Kier alpha value is -3.33. The highest BCUT2D eigenvalue weighted by molar-refractivity contribution is 5.93. The highest BCUT2D eigenvalue weighted by Gasteiger charge is 2.56. The average molecular weight is 618 g/mol. The fraction of sp³-hybridized carbons (Fsp3) is 0.486. The largest absolute Gasteiger partial charge is 0.450 e. The summed E-state index contributed by atoms with van der Waals surface area (Å²) in [5.41, 5.74) is 13.6. The van der Waals surface area contributed by atoms with Gasteiger partial charge in [-0.2, -0.15) is 13.2 Å². The third-order valence-electron chi connectivity index (χ3n) is 9.74. The van der Waals surface area contributed by atoms with Crippen molar-refractivity contribution in [3.63, 3.8) is 0 Å². The summed E-state index contributed by atoms with van der Waals surface area (Å²) < 4.78 is 52.1. The Morgan fingerprint density at radius 2 is 1.50 bits per heavy atom. The molecule has 6 rings (SSSR count). The molecule has 2 aromatic rings. The van der Waals surface area contributed by atoms with Gasteiger partial charge < -0.3 is 10.8 Å². The maximum Gasteiger partial charge on any atom is 0.450 e. The highest BCUT2D eigenvalue weighted by Crippen LogP contribution is 2.63. The van der Waals surface area contributed by atoms with Gasteiger partial charge in [-0.25, -0.2) is 8.78 Å². The van der Waals surface area contributed by atoms with Crippen molar-refractivity contribution in [2.45, 2.75) is 90.3 Å². The molecular formula is C35H40F5NO3. The zero-order valence-electron chi connectivity index (χ0n) is 25.3. The first-order valence-corrected chi connectivity index (χ1v) is 15.3. The maximum atomic E-state index is 12.2. The third kappa shape index (κ3) is 6.67. The van der Waals surface area contributed by atoms with E-state index in [2.05, 4.69) is 31.2 Å². The van der Waals surface area contributed by atoms with Crippen molar-refractivity contribution in [3.05, 3.63) is 82.5 Å². The second-order valence-corrected chi connectivity index (χ2v) is 12.1. The van der Waals surface area contributed by atoms with Gasteiger partial charge in [-0.15, -0.1) is 0 Å². The molecule has 1 amide bonds. The monoisotopic (exact) mass is 617 g/mol. The number of rotatable bonds is 3. The summed E-state index contributed by atoms with van der Waals surface area (Å²) in [6.07, 6.45) is -1.34. The van der Waals surface area contributed by atoms with Crippen LogP contribution in [0, 0.1) is 17.3 Å². The van der Waals surface area contributed by atoms with Gasteiger partial charge >= 0.3 is 12.6 Å². The van der Waals surface area contributed by atoms with Crippen molar-refractivity contribution in [1.82, 2.24) is 0 Å². The first kappa shape index (κ1) is 33.6. The van der Waals surface area contributed by atoms with Crippen molar-refractivity contribution in [2.24, 2.45) is 23.0 Å². The minimum atomic E-state index is -5.33. The van der Waals surface area contributed by atoms with Crippen LogP contribution in [0.3, 0.4) is 0 Å². The average Bonchev–Trinajstić information content (AvgIpc) is 3.31. The number of halogens is 5. The molecule has 2 aromatic carbocycles. The zero-order valence-corrected chi connectivity index (χ0v) is 25.3. The van der Waals surface area contributed by atoms with E-state index in [0.29, 0.717) is 23.8 Å². The van der Waals surface area contributed by atoms with E-state index in [1.807, 2.05) is 32.1 Å². The van der Waals surface area contributed by atoms with Gasteiger partial charge in [-0.3, -0.25) is 9.59 Å². The number of carbonyl (C=O) groups is 2. The summed E-state index contributed by atoms with van der Waals surface area (Å²) in [7, 11) is 0. The molecular weight excluding hydrogens is 577 g/mol. The van der Waals surface area contributed by atoms with Crippen molar-refractivity contribution in [1.29, 1.82) is 0 Å². The van der Waals surface area contributed by atoms with Gasteiger partial charge in [-0.1, -0.05) is 62.7 Å². The fourth-order valence-electron chi connectivity index (χ4n) is 7.67. The van der Waals surface area contributed by atoms with Gasteiger partial charge in [0.05, 0.1) is 6.10 Å². The quantitative estimate of drug-likeness (QED) is 0.339. The first-order chi connectivity index (χ1) is 20.8. The molecule has 1 unspecified atom stereocenters. The second-order valence-electron chi connectivity index (χ2n) is 12.1. The molecule has 0 aliphatic heterocycles. The number of fused-ring (bicyclic) bond motifs is 4. The lowest BCUT2D eigenvalue weighted by Crippen LogP contribution is -2.45. The second kappa shape index (κ2) is 13.3. The molecule has 9 heteroatoms. The molecule has 2 fully saturated rings. The predicted octanol–water partition coefficient (Wildman–Crippen LogP) is 8.55. The molecule has 4 aliphatic rings. The molecule has 4 aliphatic carbocycles. The van der Waals surface area contributed by atoms with Crippen molar-refractivity contribution < 1.29 is 36.6 Å². The number of hydrogen-bond acceptors (Lipinski definition) is 3. The van der Waals surface area contributed by atoms with E-state index in [4.69, 9.17) is 5.73 Å². The van der Waals surface area contributed by atoms with Crippen LogP contribution in [0.5, 0.6) is 0 Å². The van der Waals surface area contributed by atoms with Gasteiger partial charge in [-0.05, 0) is 102 Å². The van der Waals surface area contributed by atoms with Crippen LogP contribution in [0.15, 0.2) is 71.3 Å². The number of primary amides is 1. The molecule has 0 bridgehead atoms. The van der Waals surface area contributed by atoms with E-state index in [1.54, 1.807) is 17.7 Å². The fourth-order valence-corrected chi connectivity index (χ4v) is 7.67. The van der Waals surface area contributed by atoms with Crippen LogP contribution in [-0.4, -0.2) is 35.5 Å². The Kier molecular flexibility index (Phi) is 10.2. The summed E-state index contributed by atoms with van der Waals surface area (Å²) in [5.74, 6) is 1.14. The Morgan fingerprint density at radius 3 is 2.05 bits per heavy atom. The number of aliphatic hydroxyl groups is 1. The molecule has 44 heavy (non-hydrogen) atoms. The number of alkyl halides is 5. The topological polar surface area (TPSA) is 80.4 Å². The Morgan fingerprint density at radius 1 is 0.932 bits per heavy atom. The highest BCUT2D eigenvalue weighted by atomic mass is 19.4. The number of aliphatic hydroxyl groups excluding tert-OH is 1. The Balaban J connectivity index is 0.000000435. The number of benzene rings is 2. The first-order valence-electron chi connectivity index (χ1n) is 15.3. The maximum absolute atomic E-state index is 12.2. The molecule has 0 radical (unpaired) electrons. The number of carbonyl (C=O) groups excluding carboxylic acids is 2. The zero-order chi connectivity index (χ0) is 32.4. The lowest BCUT2D eigenvalue weighted by molar-refractivity contribution is -0.219. The summed E-state index contributed by atoms with van der Waals surface area (Å²) in [4.78, 5) is 23.6. The molecule has 0 saturated heterocycles. The smallest absolute Gasteiger partial charge is 0.393 e. The van der Waals surface area contributed by atoms with Gasteiger partial charge in [0.25, 0.3) is 0 Å². The normalized spacial score (nSPS) is 27.6. The number of amides is 1. The number of nitrogens with two attached hydrogens (primary N) is 1. The van der Waals surface area contributed by atoms with Crippen LogP contribution in [0.2, 0.25) is 0 Å². The van der Waals surface area contributed by atoms with Crippen molar-refractivity contribution >= 4 is 11.7 Å². The van der Waals surface area contributed by atoms with E-state index in [-0.39, 0.29) is 23.2 Å². The number of ketones is 1. The Bertz CT molecular complexity index is 1410. The lowest BCUT2D eigenvalue weighted by atomic mass is 9.53. The van der Waals surface area contributed by atoms with Crippen LogP contribution in [0.1, 0.15) is 87.6 Å². The lowest BCUT2D eigenvalue weighted by Gasteiger charge is -2.52. The van der Waals surface area contributed by atoms with E-state index >= 15 is 0 Å². The molecule has 5 atom stereocenters. The predicted molar refractivity (Wildman–Crippen MR) is 160 cm³/mol.